The number of hydrogen-bond acceptors (Lipinski definition) is 4. The molecular formula is C24H32ClN3O4S. The van der Waals surface area contributed by atoms with E-state index in [0.29, 0.717) is 10.7 Å². The summed E-state index contributed by atoms with van der Waals surface area (Å²) in [5.41, 5.74) is 2.90. The molecule has 0 aliphatic heterocycles. The van der Waals surface area contributed by atoms with Crippen LogP contribution in [0, 0.1) is 13.8 Å². The van der Waals surface area contributed by atoms with Crippen molar-refractivity contribution in [2.75, 3.05) is 17.1 Å². The molecule has 0 radical (unpaired) electrons. The van der Waals surface area contributed by atoms with Gasteiger partial charge in [-0.15, -0.1) is 0 Å². The summed E-state index contributed by atoms with van der Waals surface area (Å²) in [4.78, 5) is 27.6. The second-order valence-electron chi connectivity index (χ2n) is 8.61. The standard InChI is InChI=1S/C24H32ClN3O4S/c1-16(2)26-24(30)19(5)27(14-20-8-7-9-21(25)13-20)23(29)15-28(33(6,31)32)22-11-17(3)10-18(4)12-22/h7-13,16,19H,14-15H2,1-6H3,(H,26,30). The van der Waals surface area contributed by atoms with E-state index in [-0.39, 0.29) is 18.5 Å². The first-order valence-electron chi connectivity index (χ1n) is 10.7. The molecule has 0 aliphatic carbocycles. The van der Waals surface area contributed by atoms with Gasteiger partial charge in [-0.2, -0.15) is 0 Å². The first-order valence-corrected chi connectivity index (χ1v) is 12.9. The third kappa shape index (κ3) is 7.75. The van der Waals surface area contributed by atoms with Crippen LogP contribution in [-0.4, -0.2) is 50.0 Å². The third-order valence-electron chi connectivity index (χ3n) is 5.01. The Kier molecular flexibility index (Phi) is 8.91. The average Bonchev–Trinajstić information content (AvgIpc) is 2.67. The number of hydrogen-bond donors (Lipinski definition) is 1. The van der Waals surface area contributed by atoms with Gasteiger partial charge < -0.3 is 10.2 Å². The monoisotopic (exact) mass is 493 g/mol. The van der Waals surface area contributed by atoms with E-state index in [0.717, 1.165) is 27.3 Å². The Bertz CT molecular complexity index is 1100. The van der Waals surface area contributed by atoms with Crippen molar-refractivity contribution in [1.29, 1.82) is 0 Å². The lowest BCUT2D eigenvalue weighted by Gasteiger charge is -2.32. The molecule has 2 amide bonds. The van der Waals surface area contributed by atoms with Gasteiger partial charge in [0.05, 0.1) is 11.9 Å². The average molecular weight is 494 g/mol. The zero-order valence-electron chi connectivity index (χ0n) is 19.9. The number of benzene rings is 2. The topological polar surface area (TPSA) is 86.8 Å². The smallest absolute Gasteiger partial charge is 0.244 e. The second kappa shape index (κ2) is 11.0. The molecule has 9 heteroatoms. The summed E-state index contributed by atoms with van der Waals surface area (Å²) in [5.74, 6) is -0.816. The summed E-state index contributed by atoms with van der Waals surface area (Å²) in [6, 6.07) is 11.4. The molecular weight excluding hydrogens is 462 g/mol. The molecule has 180 valence electrons. The molecule has 0 bridgehead atoms. The molecule has 0 aromatic heterocycles. The largest absolute Gasteiger partial charge is 0.352 e. The SMILES string of the molecule is Cc1cc(C)cc(N(CC(=O)N(Cc2cccc(Cl)c2)C(C)C(=O)NC(C)C)S(C)(=O)=O)c1. The lowest BCUT2D eigenvalue weighted by Crippen LogP contribution is -2.52. The summed E-state index contributed by atoms with van der Waals surface area (Å²) < 4.78 is 26.3. The summed E-state index contributed by atoms with van der Waals surface area (Å²) in [5, 5.41) is 3.32. The molecule has 2 aromatic rings. The molecule has 7 nitrogen and oxygen atoms in total. The quantitative estimate of drug-likeness (QED) is 0.577. The summed E-state index contributed by atoms with van der Waals surface area (Å²) in [6.07, 6.45) is 1.06. The zero-order valence-corrected chi connectivity index (χ0v) is 21.5. The summed E-state index contributed by atoms with van der Waals surface area (Å²) in [7, 11) is -3.76. The molecule has 2 aromatic carbocycles. The van der Waals surface area contributed by atoms with Crippen LogP contribution in [0.25, 0.3) is 0 Å². The first-order chi connectivity index (χ1) is 15.3. The fraction of sp³-hybridized carbons (Fsp3) is 0.417. The highest BCUT2D eigenvalue weighted by atomic mass is 35.5. The third-order valence-corrected chi connectivity index (χ3v) is 6.39. The highest BCUT2D eigenvalue weighted by Crippen LogP contribution is 2.22. The van der Waals surface area contributed by atoms with Crippen LogP contribution in [-0.2, 0) is 26.2 Å². The van der Waals surface area contributed by atoms with E-state index in [1.807, 2.05) is 33.8 Å². The Balaban J connectivity index is 2.42. The predicted octanol–water partition coefficient (Wildman–Crippen LogP) is 3.66. The summed E-state index contributed by atoms with van der Waals surface area (Å²) >= 11 is 6.10. The molecule has 0 fully saturated rings. The number of carbonyl (C=O) groups is 2. The van der Waals surface area contributed by atoms with Crippen molar-refractivity contribution in [2.24, 2.45) is 0 Å². The lowest BCUT2D eigenvalue weighted by molar-refractivity contribution is -0.139. The van der Waals surface area contributed by atoms with Gasteiger partial charge in [0.2, 0.25) is 21.8 Å². The predicted molar refractivity (Wildman–Crippen MR) is 133 cm³/mol. The van der Waals surface area contributed by atoms with Gasteiger partial charge in [-0.25, -0.2) is 8.42 Å². The van der Waals surface area contributed by atoms with Gasteiger partial charge in [0.15, 0.2) is 0 Å². The zero-order chi connectivity index (χ0) is 24.9. The molecule has 2 rings (SSSR count). The van der Waals surface area contributed by atoms with Gasteiger partial charge in [-0.05, 0) is 75.6 Å². The molecule has 1 atom stereocenters. The van der Waals surface area contributed by atoms with Crippen molar-refractivity contribution in [1.82, 2.24) is 10.2 Å². The number of carbonyl (C=O) groups excluding carboxylic acids is 2. The van der Waals surface area contributed by atoms with Gasteiger partial charge in [-0.3, -0.25) is 13.9 Å². The maximum Gasteiger partial charge on any atom is 0.244 e. The number of halogens is 1. The van der Waals surface area contributed by atoms with Crippen LogP contribution in [0.1, 0.15) is 37.5 Å². The molecule has 0 aliphatic rings. The van der Waals surface area contributed by atoms with E-state index >= 15 is 0 Å². The maximum atomic E-state index is 13.5. The number of nitrogens with one attached hydrogen (secondary N) is 1. The minimum Gasteiger partial charge on any atom is -0.352 e. The van der Waals surface area contributed by atoms with E-state index in [1.54, 1.807) is 43.3 Å². The van der Waals surface area contributed by atoms with Crippen LogP contribution < -0.4 is 9.62 Å². The molecule has 33 heavy (non-hydrogen) atoms. The number of sulfonamides is 1. The van der Waals surface area contributed by atoms with E-state index in [9.17, 15) is 18.0 Å². The van der Waals surface area contributed by atoms with Crippen molar-refractivity contribution < 1.29 is 18.0 Å². The van der Waals surface area contributed by atoms with E-state index in [2.05, 4.69) is 5.32 Å². The van der Waals surface area contributed by atoms with Crippen molar-refractivity contribution in [3.05, 3.63) is 64.2 Å². The van der Waals surface area contributed by atoms with Gasteiger partial charge in [0.25, 0.3) is 0 Å². The maximum absolute atomic E-state index is 13.5. The van der Waals surface area contributed by atoms with E-state index in [4.69, 9.17) is 11.6 Å². The molecule has 1 unspecified atom stereocenters. The van der Waals surface area contributed by atoms with Crippen molar-refractivity contribution in [3.8, 4) is 0 Å². The lowest BCUT2D eigenvalue weighted by atomic mass is 10.1. The molecule has 0 heterocycles. The van der Waals surface area contributed by atoms with Crippen molar-refractivity contribution >= 4 is 39.1 Å². The normalized spacial score (nSPS) is 12.4. The number of anilines is 1. The van der Waals surface area contributed by atoms with Crippen LogP contribution in [0.15, 0.2) is 42.5 Å². The minimum atomic E-state index is -3.76. The van der Waals surface area contributed by atoms with Gasteiger partial charge >= 0.3 is 0 Å². The summed E-state index contributed by atoms with van der Waals surface area (Å²) in [6.45, 7) is 8.70. The van der Waals surface area contributed by atoms with Crippen LogP contribution in [0.3, 0.4) is 0 Å². The minimum absolute atomic E-state index is 0.106. The Hall–Kier alpha value is -2.58. The Morgan fingerprint density at radius 1 is 1.03 bits per heavy atom. The van der Waals surface area contributed by atoms with E-state index in [1.165, 1.54) is 4.90 Å². The number of amides is 2. The van der Waals surface area contributed by atoms with Gasteiger partial charge in [0, 0.05) is 17.6 Å². The van der Waals surface area contributed by atoms with Crippen LogP contribution in [0.4, 0.5) is 5.69 Å². The Morgan fingerprint density at radius 2 is 1.64 bits per heavy atom. The van der Waals surface area contributed by atoms with E-state index < -0.39 is 28.5 Å². The Morgan fingerprint density at radius 3 is 2.15 bits per heavy atom. The number of aryl methyl sites for hydroxylation is 2. The van der Waals surface area contributed by atoms with Crippen LogP contribution in [0.2, 0.25) is 5.02 Å². The van der Waals surface area contributed by atoms with Crippen LogP contribution in [0.5, 0.6) is 0 Å². The first kappa shape index (κ1) is 26.7. The Labute approximate surface area is 201 Å². The fourth-order valence-corrected chi connectivity index (χ4v) is 4.57. The number of nitrogens with zero attached hydrogens (tertiary/aromatic N) is 2. The fourth-order valence-electron chi connectivity index (χ4n) is 3.53. The second-order valence-corrected chi connectivity index (χ2v) is 10.9. The molecule has 0 spiro atoms. The highest BCUT2D eigenvalue weighted by molar-refractivity contribution is 7.92. The van der Waals surface area contributed by atoms with Crippen molar-refractivity contribution in [3.63, 3.8) is 0 Å². The molecule has 0 saturated heterocycles. The van der Waals surface area contributed by atoms with Crippen LogP contribution >= 0.6 is 11.6 Å². The number of rotatable bonds is 9. The molecule has 0 saturated carbocycles. The van der Waals surface area contributed by atoms with Gasteiger partial charge in [-0.1, -0.05) is 29.8 Å². The van der Waals surface area contributed by atoms with Crippen molar-refractivity contribution in [2.45, 2.75) is 53.2 Å². The van der Waals surface area contributed by atoms with Gasteiger partial charge in [0.1, 0.15) is 12.6 Å². The highest BCUT2D eigenvalue weighted by Gasteiger charge is 2.30. The molecule has 1 N–H and O–H groups in total.